The van der Waals surface area contributed by atoms with Crippen LogP contribution in [0.15, 0.2) is 30.3 Å². The molecule has 0 aromatic heterocycles. The van der Waals surface area contributed by atoms with Crippen molar-refractivity contribution in [2.24, 2.45) is 0 Å². The third-order valence-electron chi connectivity index (χ3n) is 1.55. The molecule has 2 rings (SSSR count). The Hall–Kier alpha value is -0.00623. The van der Waals surface area contributed by atoms with Gasteiger partial charge in [-0.15, -0.1) is 0 Å². The molecule has 0 N–H and O–H groups in total. The van der Waals surface area contributed by atoms with Crippen LogP contribution in [0.1, 0.15) is 5.56 Å². The molecule has 3 heteroatoms. The number of hydrogen-bond acceptors (Lipinski definition) is 1. The first kappa shape index (κ1) is 12.0. The van der Waals surface area contributed by atoms with E-state index in [1.54, 1.807) is 0 Å². The molecule has 0 amide bonds. The largest absolute Gasteiger partial charge is 0.489 e. The van der Waals surface area contributed by atoms with Gasteiger partial charge < -0.3 is 4.74 Å². The Morgan fingerprint density at radius 1 is 1.17 bits per heavy atom. The van der Waals surface area contributed by atoms with Gasteiger partial charge in [-0.2, -0.15) is 0 Å². The van der Waals surface area contributed by atoms with Crippen molar-refractivity contribution in [3.8, 4) is 5.75 Å². The van der Waals surface area contributed by atoms with Crippen LogP contribution in [0, 0.1) is 0 Å². The van der Waals surface area contributed by atoms with Crippen LogP contribution in [-0.4, -0.2) is 6.61 Å². The van der Waals surface area contributed by atoms with Crippen LogP contribution in [-0.2, 0) is 38.8 Å². The first-order valence-corrected chi connectivity index (χ1v) is 3.35. The van der Waals surface area contributed by atoms with Gasteiger partial charge >= 0.3 is 0 Å². The Kier molecular flexibility index (Phi) is 5.60. The summed E-state index contributed by atoms with van der Waals surface area (Å²) in [5.74, 6) is 0.991. The Labute approximate surface area is 97.5 Å². The molecule has 0 aliphatic carbocycles. The Morgan fingerprint density at radius 3 is 2.67 bits per heavy atom. The average Bonchev–Trinajstić information content (AvgIpc) is 2.05. The first-order chi connectivity index (χ1) is 4.97. The minimum atomic E-state index is 0. The van der Waals surface area contributed by atoms with Crippen LogP contribution in [0.4, 0.5) is 0 Å². The molecule has 1 aliphatic rings. The summed E-state index contributed by atoms with van der Waals surface area (Å²) >= 11 is 0. The number of para-hydroxylation sites is 1. The maximum Gasteiger partial charge on any atom is 0.126 e. The van der Waals surface area contributed by atoms with E-state index >= 15 is 0 Å². The normalized spacial score (nSPS) is 11.7. The zero-order valence-electron chi connectivity index (χ0n) is 6.38. The minimum Gasteiger partial charge on any atom is -0.489 e. The summed E-state index contributed by atoms with van der Waals surface area (Å²) in [6.07, 6.45) is 4.10. The third kappa shape index (κ3) is 2.50. The molecule has 1 aromatic rings. The third-order valence-corrected chi connectivity index (χ3v) is 1.55. The van der Waals surface area contributed by atoms with E-state index in [4.69, 9.17) is 4.74 Å². The fraction of sp³-hybridized carbons (Fsp3) is 0.111. The summed E-state index contributed by atoms with van der Waals surface area (Å²) in [7, 11) is 0. The molecule has 1 heterocycles. The summed E-state index contributed by atoms with van der Waals surface area (Å²) in [4.78, 5) is 0. The zero-order valence-corrected chi connectivity index (χ0v) is 8.88. The second-order valence-electron chi connectivity index (χ2n) is 2.25. The Balaban J connectivity index is 0.000000605. The maximum atomic E-state index is 5.34. The zero-order chi connectivity index (χ0) is 6.81. The van der Waals surface area contributed by atoms with Crippen molar-refractivity contribution in [2.75, 3.05) is 6.61 Å². The molecule has 0 spiro atoms. The quantitative estimate of drug-likeness (QED) is 0.634. The maximum absolute atomic E-state index is 5.34. The molecule has 1 aromatic carbocycles. The van der Waals surface area contributed by atoms with Crippen LogP contribution < -0.4 is 4.74 Å². The SMILES string of the molecule is C1=Cc2ccccc2OC1.[Cu].[Ti]. The van der Waals surface area contributed by atoms with E-state index in [1.165, 1.54) is 5.56 Å². The Morgan fingerprint density at radius 2 is 1.92 bits per heavy atom. The summed E-state index contributed by atoms with van der Waals surface area (Å²) in [6.45, 7) is 0.705. The van der Waals surface area contributed by atoms with Gasteiger partial charge in [0.05, 0.1) is 0 Å². The topological polar surface area (TPSA) is 9.23 Å². The van der Waals surface area contributed by atoms with E-state index < -0.39 is 0 Å². The summed E-state index contributed by atoms with van der Waals surface area (Å²) in [5.41, 5.74) is 1.17. The van der Waals surface area contributed by atoms with Gasteiger partial charge in [0.15, 0.2) is 0 Å². The van der Waals surface area contributed by atoms with Crippen LogP contribution in [0.3, 0.4) is 0 Å². The van der Waals surface area contributed by atoms with Crippen molar-refractivity contribution in [1.29, 1.82) is 0 Å². The molecule has 0 unspecified atom stereocenters. The molecule has 65 valence electrons. The predicted molar refractivity (Wildman–Crippen MR) is 41.0 cm³/mol. The van der Waals surface area contributed by atoms with Crippen molar-refractivity contribution in [3.63, 3.8) is 0 Å². The van der Waals surface area contributed by atoms with E-state index in [1.807, 2.05) is 30.3 Å². The van der Waals surface area contributed by atoms with Crippen LogP contribution in [0.5, 0.6) is 5.75 Å². The summed E-state index contributed by atoms with van der Waals surface area (Å²) in [5, 5.41) is 0. The molecule has 12 heavy (non-hydrogen) atoms. The van der Waals surface area contributed by atoms with Gasteiger partial charge in [-0.25, -0.2) is 0 Å². The van der Waals surface area contributed by atoms with E-state index in [0.717, 1.165) is 5.75 Å². The second-order valence-corrected chi connectivity index (χ2v) is 2.25. The summed E-state index contributed by atoms with van der Waals surface area (Å²) < 4.78 is 5.34. The molecule has 0 saturated heterocycles. The molecular weight excluding hydrogens is 236 g/mol. The standard InChI is InChI=1S/C9H8O.Cu.Ti/c1-2-6-9-8(4-1)5-3-7-10-9;;/h1-6H,7H2;;. The fourth-order valence-corrected chi connectivity index (χ4v) is 1.06. The van der Waals surface area contributed by atoms with Gasteiger partial charge in [-0.1, -0.05) is 24.3 Å². The van der Waals surface area contributed by atoms with Gasteiger partial charge in [0.2, 0.25) is 0 Å². The molecular formula is C9H8CuOTi. The molecule has 1 nitrogen and oxygen atoms in total. The number of rotatable bonds is 0. The van der Waals surface area contributed by atoms with Crippen molar-refractivity contribution in [1.82, 2.24) is 0 Å². The first-order valence-electron chi connectivity index (χ1n) is 3.35. The van der Waals surface area contributed by atoms with Gasteiger partial charge in [0.25, 0.3) is 0 Å². The van der Waals surface area contributed by atoms with E-state index in [0.29, 0.717) is 6.61 Å². The molecule has 1 radical (unpaired) electrons. The fourth-order valence-electron chi connectivity index (χ4n) is 1.06. The van der Waals surface area contributed by atoms with E-state index in [9.17, 15) is 0 Å². The molecule has 0 fully saturated rings. The number of fused-ring (bicyclic) bond motifs is 1. The van der Waals surface area contributed by atoms with Gasteiger partial charge in [-0.05, 0) is 12.1 Å². The minimum absolute atomic E-state index is 0. The van der Waals surface area contributed by atoms with E-state index in [2.05, 4.69) is 6.08 Å². The second kappa shape index (κ2) is 5.61. The molecule has 0 saturated carbocycles. The number of benzene rings is 1. The van der Waals surface area contributed by atoms with Gasteiger partial charge in [0, 0.05) is 44.3 Å². The van der Waals surface area contributed by atoms with Gasteiger partial charge in [-0.3, -0.25) is 0 Å². The van der Waals surface area contributed by atoms with Crippen molar-refractivity contribution in [2.45, 2.75) is 0 Å². The predicted octanol–water partition coefficient (Wildman–Crippen LogP) is 2.09. The molecule has 0 atom stereocenters. The smallest absolute Gasteiger partial charge is 0.126 e. The average molecular weight is 244 g/mol. The molecule has 0 bridgehead atoms. The number of hydrogen-bond donors (Lipinski definition) is 0. The Bertz CT molecular complexity index is 273. The number of ether oxygens (including phenoxy) is 1. The van der Waals surface area contributed by atoms with Crippen LogP contribution in [0.25, 0.3) is 6.08 Å². The van der Waals surface area contributed by atoms with E-state index in [-0.39, 0.29) is 38.8 Å². The van der Waals surface area contributed by atoms with Crippen LogP contribution in [0.2, 0.25) is 0 Å². The van der Waals surface area contributed by atoms with Crippen molar-refractivity contribution < 1.29 is 43.5 Å². The molecule has 1 aliphatic heterocycles. The monoisotopic (exact) mass is 243 g/mol. The van der Waals surface area contributed by atoms with Gasteiger partial charge in [0.1, 0.15) is 12.4 Å². The summed E-state index contributed by atoms with van der Waals surface area (Å²) in [6, 6.07) is 8.03. The van der Waals surface area contributed by atoms with Crippen LogP contribution >= 0.6 is 0 Å². The van der Waals surface area contributed by atoms with Crippen molar-refractivity contribution >= 4 is 6.08 Å². The van der Waals surface area contributed by atoms with Crippen molar-refractivity contribution in [3.05, 3.63) is 35.9 Å².